The number of benzene rings is 1. The van der Waals surface area contributed by atoms with Crippen molar-refractivity contribution in [1.29, 1.82) is 0 Å². The average molecular weight is 375 g/mol. The van der Waals surface area contributed by atoms with Crippen LogP contribution in [0.1, 0.15) is 53.5 Å². The molecule has 0 bridgehead atoms. The van der Waals surface area contributed by atoms with E-state index in [0.29, 0.717) is 35.4 Å². The molecule has 0 unspecified atom stereocenters. The lowest BCUT2D eigenvalue weighted by Gasteiger charge is -2.17. The van der Waals surface area contributed by atoms with Crippen LogP contribution in [0, 0.1) is 5.92 Å². The summed E-state index contributed by atoms with van der Waals surface area (Å²) in [7, 11) is 0. The summed E-state index contributed by atoms with van der Waals surface area (Å²) in [6, 6.07) is 6.89. The first-order valence-electron chi connectivity index (χ1n) is 8.90. The highest BCUT2D eigenvalue weighted by Gasteiger charge is 2.27. The molecule has 6 nitrogen and oxygen atoms in total. The van der Waals surface area contributed by atoms with Gasteiger partial charge in [0, 0.05) is 23.8 Å². The first kappa shape index (κ1) is 18.5. The van der Waals surface area contributed by atoms with Gasteiger partial charge in [-0.05, 0) is 49.4 Å². The Labute approximate surface area is 157 Å². The summed E-state index contributed by atoms with van der Waals surface area (Å²) >= 11 is 5.88. The number of anilines is 1. The number of fused-ring (bicyclic) bond motifs is 1. The van der Waals surface area contributed by atoms with Crippen molar-refractivity contribution in [2.75, 3.05) is 11.9 Å². The van der Waals surface area contributed by atoms with Gasteiger partial charge in [-0.15, -0.1) is 0 Å². The molecule has 0 aliphatic carbocycles. The van der Waals surface area contributed by atoms with Gasteiger partial charge >= 0.3 is 0 Å². The summed E-state index contributed by atoms with van der Waals surface area (Å²) in [6.07, 6.45) is 2.72. The normalized spacial score (nSPS) is 13.4. The molecule has 2 N–H and O–H groups in total. The summed E-state index contributed by atoms with van der Waals surface area (Å²) in [5, 5.41) is 6.32. The van der Waals surface area contributed by atoms with Gasteiger partial charge in [0.25, 0.3) is 11.8 Å². The van der Waals surface area contributed by atoms with E-state index in [-0.39, 0.29) is 17.6 Å². The van der Waals surface area contributed by atoms with Crippen molar-refractivity contribution in [2.24, 2.45) is 5.92 Å². The fourth-order valence-corrected chi connectivity index (χ4v) is 3.12. The Kier molecular flexibility index (Phi) is 5.61. The first-order valence-corrected chi connectivity index (χ1v) is 9.28. The second-order valence-corrected chi connectivity index (χ2v) is 7.34. The smallest absolute Gasteiger partial charge is 0.291 e. The van der Waals surface area contributed by atoms with E-state index in [9.17, 15) is 9.59 Å². The zero-order valence-electron chi connectivity index (χ0n) is 15.0. The minimum atomic E-state index is -0.321. The number of aromatic nitrogens is 2. The molecule has 0 saturated carbocycles. The summed E-state index contributed by atoms with van der Waals surface area (Å²) in [4.78, 5) is 29.6. The molecule has 1 aliphatic heterocycles. The van der Waals surface area contributed by atoms with E-state index in [2.05, 4.69) is 15.6 Å². The second-order valence-electron chi connectivity index (χ2n) is 6.90. The highest BCUT2D eigenvalue weighted by Crippen LogP contribution is 2.22. The van der Waals surface area contributed by atoms with Gasteiger partial charge in [-0.3, -0.25) is 9.59 Å². The molecule has 0 spiro atoms. The topological polar surface area (TPSA) is 76.0 Å². The fraction of sp³-hybridized carbons (Fsp3) is 0.421. The Balaban J connectivity index is 1.85. The number of amides is 2. The number of carbonyl (C=O) groups excluding carboxylic acids is 2. The number of nitrogens with zero attached hydrogens (tertiary/aromatic N) is 2. The third kappa shape index (κ3) is 4.07. The quantitative estimate of drug-likeness (QED) is 0.840. The third-order valence-electron chi connectivity index (χ3n) is 4.31. The number of halogens is 1. The summed E-state index contributed by atoms with van der Waals surface area (Å²) in [6.45, 7) is 5.35. The maximum atomic E-state index is 12.7. The van der Waals surface area contributed by atoms with Crippen LogP contribution in [0.4, 0.5) is 5.69 Å². The van der Waals surface area contributed by atoms with Crippen LogP contribution in [0.25, 0.3) is 0 Å². The van der Waals surface area contributed by atoms with Gasteiger partial charge in [-0.1, -0.05) is 25.4 Å². The van der Waals surface area contributed by atoms with Gasteiger partial charge in [0.05, 0.1) is 5.69 Å². The molecule has 0 atom stereocenters. The summed E-state index contributed by atoms with van der Waals surface area (Å²) in [5.41, 5.74) is 1.85. The number of hydrogen-bond donors (Lipinski definition) is 2. The molecule has 0 saturated heterocycles. The lowest BCUT2D eigenvalue weighted by atomic mass is 10.1. The number of carbonyl (C=O) groups is 2. The predicted molar refractivity (Wildman–Crippen MR) is 102 cm³/mol. The molecule has 2 amide bonds. The zero-order valence-corrected chi connectivity index (χ0v) is 15.8. The van der Waals surface area contributed by atoms with E-state index in [1.54, 1.807) is 24.3 Å². The minimum Gasteiger partial charge on any atom is -0.350 e. The maximum Gasteiger partial charge on any atom is 0.291 e. The van der Waals surface area contributed by atoms with Crippen LogP contribution in [0.3, 0.4) is 0 Å². The Bertz CT molecular complexity index is 812. The van der Waals surface area contributed by atoms with Crippen molar-refractivity contribution in [1.82, 2.24) is 14.9 Å². The number of hydrogen-bond acceptors (Lipinski definition) is 3. The van der Waals surface area contributed by atoms with Crippen molar-refractivity contribution in [3.63, 3.8) is 0 Å². The average Bonchev–Trinajstić information content (AvgIpc) is 3.01. The van der Waals surface area contributed by atoms with E-state index in [4.69, 9.17) is 11.6 Å². The van der Waals surface area contributed by atoms with E-state index in [0.717, 1.165) is 25.0 Å². The molecule has 26 heavy (non-hydrogen) atoms. The molecule has 0 fully saturated rings. The predicted octanol–water partition coefficient (Wildman–Crippen LogP) is 3.51. The lowest BCUT2D eigenvalue weighted by molar-refractivity contribution is 0.0943. The van der Waals surface area contributed by atoms with Crippen molar-refractivity contribution >= 4 is 29.1 Å². The third-order valence-corrected chi connectivity index (χ3v) is 4.56. The molecule has 7 heteroatoms. The van der Waals surface area contributed by atoms with Crippen molar-refractivity contribution < 1.29 is 9.59 Å². The maximum absolute atomic E-state index is 12.7. The Morgan fingerprint density at radius 1 is 1.19 bits per heavy atom. The molecule has 1 aromatic carbocycles. The monoisotopic (exact) mass is 374 g/mol. The van der Waals surface area contributed by atoms with Gasteiger partial charge in [-0.2, -0.15) is 0 Å². The van der Waals surface area contributed by atoms with Crippen molar-refractivity contribution in [2.45, 2.75) is 39.7 Å². The second kappa shape index (κ2) is 7.91. The Morgan fingerprint density at radius 2 is 1.92 bits per heavy atom. The van der Waals surface area contributed by atoms with Crippen LogP contribution in [-0.2, 0) is 13.0 Å². The fourth-order valence-electron chi connectivity index (χ4n) is 3.00. The SMILES string of the molecule is CC(C)CNC(=O)c1nc(C(=O)Nc2ccc(Cl)cc2)n2c1CCCC2. The van der Waals surface area contributed by atoms with Crippen LogP contribution < -0.4 is 10.6 Å². The highest BCUT2D eigenvalue weighted by molar-refractivity contribution is 6.30. The Hall–Kier alpha value is -2.34. The van der Waals surface area contributed by atoms with Crippen LogP contribution in [0.2, 0.25) is 5.02 Å². The van der Waals surface area contributed by atoms with Crippen molar-refractivity contribution in [3.8, 4) is 0 Å². The number of nitrogens with one attached hydrogen (secondary N) is 2. The molecule has 1 aromatic heterocycles. The van der Waals surface area contributed by atoms with Gasteiger partial charge in [0.15, 0.2) is 5.82 Å². The van der Waals surface area contributed by atoms with E-state index >= 15 is 0 Å². The van der Waals surface area contributed by atoms with Crippen molar-refractivity contribution in [3.05, 3.63) is 46.5 Å². The van der Waals surface area contributed by atoms with Crippen LogP contribution in [-0.4, -0.2) is 27.9 Å². The van der Waals surface area contributed by atoms with E-state index < -0.39 is 0 Å². The standard InChI is InChI=1S/C19H23ClN4O2/c1-12(2)11-21-18(25)16-15-5-3-4-10-24(15)17(23-16)19(26)22-14-8-6-13(20)7-9-14/h6-9,12H,3-5,10-11H2,1-2H3,(H,21,25)(H,22,26). The largest absolute Gasteiger partial charge is 0.350 e. The molecule has 2 aromatic rings. The summed E-state index contributed by atoms with van der Waals surface area (Å²) < 4.78 is 1.87. The molecule has 3 rings (SSSR count). The molecular formula is C19H23ClN4O2. The molecule has 2 heterocycles. The molecular weight excluding hydrogens is 352 g/mol. The zero-order chi connectivity index (χ0) is 18.7. The number of imidazole rings is 1. The molecule has 1 aliphatic rings. The summed E-state index contributed by atoms with van der Waals surface area (Å²) in [5.74, 6) is 0.0997. The van der Waals surface area contributed by atoms with Crippen LogP contribution >= 0.6 is 11.6 Å². The minimum absolute atomic E-state index is 0.213. The molecule has 138 valence electrons. The van der Waals surface area contributed by atoms with Crippen LogP contribution in [0.5, 0.6) is 0 Å². The van der Waals surface area contributed by atoms with Gasteiger partial charge < -0.3 is 15.2 Å². The van der Waals surface area contributed by atoms with Gasteiger partial charge in [0.1, 0.15) is 5.69 Å². The van der Waals surface area contributed by atoms with E-state index in [1.807, 2.05) is 18.4 Å². The van der Waals surface area contributed by atoms with Crippen LogP contribution in [0.15, 0.2) is 24.3 Å². The molecule has 0 radical (unpaired) electrons. The van der Waals surface area contributed by atoms with Gasteiger partial charge in [0.2, 0.25) is 0 Å². The van der Waals surface area contributed by atoms with E-state index in [1.165, 1.54) is 0 Å². The van der Waals surface area contributed by atoms with Gasteiger partial charge in [-0.25, -0.2) is 4.98 Å². The number of rotatable bonds is 5. The lowest BCUT2D eigenvalue weighted by Crippen LogP contribution is -2.29. The first-order chi connectivity index (χ1) is 12.5. The Morgan fingerprint density at radius 3 is 2.62 bits per heavy atom. The highest BCUT2D eigenvalue weighted by atomic mass is 35.5.